The van der Waals surface area contributed by atoms with Crippen LogP contribution in [0.15, 0.2) is 163 Å². The van der Waals surface area contributed by atoms with Crippen molar-refractivity contribution in [2.45, 2.75) is 0 Å². The van der Waals surface area contributed by atoms with Crippen molar-refractivity contribution in [3.8, 4) is 51.0 Å². The number of benzene rings is 6. The molecule has 6 aromatic carbocycles. The maximum atomic E-state index is 13.8. The van der Waals surface area contributed by atoms with Gasteiger partial charge in [-0.05, 0) is 53.6 Å². The van der Waals surface area contributed by atoms with Crippen LogP contribution in [0.4, 0.5) is 0 Å². The minimum Gasteiger partial charge on any atom is -0.309 e. The van der Waals surface area contributed by atoms with Gasteiger partial charge in [0.1, 0.15) is 0 Å². The van der Waals surface area contributed by atoms with Crippen molar-refractivity contribution in [2.75, 3.05) is 0 Å². The molecule has 0 N–H and O–H groups in total. The van der Waals surface area contributed by atoms with E-state index in [4.69, 9.17) is 15.0 Å². The fourth-order valence-electron chi connectivity index (χ4n) is 5.86. The molecule has 0 fully saturated rings. The predicted octanol–water partition coefficient (Wildman–Crippen LogP) is 9.00. The molecule has 0 unspecified atom stereocenters. The average Bonchev–Trinajstić information content (AvgIpc) is 3.13. The fourth-order valence-corrected chi connectivity index (χ4v) is 5.86. The lowest BCUT2D eigenvalue weighted by atomic mass is 9.99. The van der Waals surface area contributed by atoms with Crippen molar-refractivity contribution in [1.29, 1.82) is 0 Å². The molecule has 212 valence electrons. The van der Waals surface area contributed by atoms with Crippen LogP contribution in [-0.2, 0) is 0 Å². The average molecular weight is 579 g/mol. The van der Waals surface area contributed by atoms with Crippen molar-refractivity contribution in [3.63, 3.8) is 0 Å². The molecular formula is C40H26N4O. The Balaban J connectivity index is 1.29. The topological polar surface area (TPSA) is 60.7 Å². The Hall–Kier alpha value is -6.20. The number of aromatic nitrogens is 4. The van der Waals surface area contributed by atoms with Crippen molar-refractivity contribution >= 4 is 21.8 Å². The summed E-state index contributed by atoms with van der Waals surface area (Å²) in [4.78, 5) is 28.5. The van der Waals surface area contributed by atoms with Gasteiger partial charge in [0.25, 0.3) is 0 Å². The third kappa shape index (κ3) is 4.86. The fraction of sp³-hybridized carbons (Fsp3) is 0. The number of hydrogen-bond acceptors (Lipinski definition) is 4. The van der Waals surface area contributed by atoms with Gasteiger partial charge in [0.15, 0.2) is 22.9 Å². The number of fused-ring (bicyclic) bond motifs is 2. The van der Waals surface area contributed by atoms with E-state index in [1.54, 1.807) is 0 Å². The summed E-state index contributed by atoms with van der Waals surface area (Å²) in [5, 5.41) is 1.35. The number of pyridine rings is 1. The Morgan fingerprint density at radius 3 is 1.53 bits per heavy atom. The summed E-state index contributed by atoms with van der Waals surface area (Å²) in [5.41, 5.74) is 7.39. The van der Waals surface area contributed by atoms with Crippen LogP contribution in [0.3, 0.4) is 0 Å². The molecule has 8 aromatic rings. The van der Waals surface area contributed by atoms with Crippen LogP contribution in [0.25, 0.3) is 72.8 Å². The highest BCUT2D eigenvalue weighted by Crippen LogP contribution is 2.31. The van der Waals surface area contributed by atoms with Gasteiger partial charge < -0.3 is 4.57 Å². The van der Waals surface area contributed by atoms with Gasteiger partial charge in [-0.2, -0.15) is 0 Å². The van der Waals surface area contributed by atoms with Crippen LogP contribution < -0.4 is 5.43 Å². The number of nitrogens with zero attached hydrogens (tertiary/aromatic N) is 4. The second-order valence-electron chi connectivity index (χ2n) is 10.9. The lowest BCUT2D eigenvalue weighted by molar-refractivity contribution is 1.07. The van der Waals surface area contributed by atoms with Crippen LogP contribution in [0.2, 0.25) is 0 Å². The van der Waals surface area contributed by atoms with Gasteiger partial charge in [-0.1, -0.05) is 115 Å². The van der Waals surface area contributed by atoms with E-state index in [9.17, 15) is 4.79 Å². The highest BCUT2D eigenvalue weighted by atomic mass is 16.1. The van der Waals surface area contributed by atoms with Crippen LogP contribution in [0.5, 0.6) is 0 Å². The standard InChI is InChI=1S/C40H26N4O/c45-37-33-21-10-11-22-35(33)44(32-19-8-3-9-20-32)36-24-23-30(26-34(36)37)29-17-12-18-31(25-29)40-42-38(27-13-4-1-5-14-27)41-39(43-40)28-15-6-2-7-16-28/h1-26H. The second kappa shape index (κ2) is 11.1. The molecule has 45 heavy (non-hydrogen) atoms. The first kappa shape index (κ1) is 26.4. The second-order valence-corrected chi connectivity index (χ2v) is 10.9. The molecule has 0 saturated carbocycles. The Morgan fingerprint density at radius 1 is 0.378 bits per heavy atom. The molecule has 0 aliphatic heterocycles. The molecule has 0 atom stereocenters. The molecule has 2 aromatic heterocycles. The summed E-state index contributed by atoms with van der Waals surface area (Å²) in [6.45, 7) is 0. The van der Waals surface area contributed by atoms with Gasteiger partial charge >= 0.3 is 0 Å². The molecule has 8 rings (SSSR count). The van der Waals surface area contributed by atoms with E-state index >= 15 is 0 Å². The van der Waals surface area contributed by atoms with Crippen molar-refractivity contribution in [2.24, 2.45) is 0 Å². The molecule has 0 amide bonds. The number of rotatable bonds is 5. The zero-order valence-corrected chi connectivity index (χ0v) is 24.2. The van der Waals surface area contributed by atoms with Crippen LogP contribution in [-0.4, -0.2) is 19.5 Å². The van der Waals surface area contributed by atoms with E-state index in [1.807, 2.05) is 127 Å². The van der Waals surface area contributed by atoms with Gasteiger partial charge in [-0.25, -0.2) is 15.0 Å². The van der Waals surface area contributed by atoms with Crippen molar-refractivity contribution in [1.82, 2.24) is 19.5 Å². The summed E-state index contributed by atoms with van der Waals surface area (Å²) in [7, 11) is 0. The van der Waals surface area contributed by atoms with E-state index in [1.165, 1.54) is 0 Å². The Morgan fingerprint density at radius 2 is 0.867 bits per heavy atom. The van der Waals surface area contributed by atoms with Crippen LogP contribution >= 0.6 is 0 Å². The van der Waals surface area contributed by atoms with Crippen LogP contribution in [0.1, 0.15) is 0 Å². The number of hydrogen-bond donors (Lipinski definition) is 0. The quantitative estimate of drug-likeness (QED) is 0.191. The van der Waals surface area contributed by atoms with Gasteiger partial charge in [0, 0.05) is 33.2 Å². The lowest BCUT2D eigenvalue weighted by Gasteiger charge is -2.16. The summed E-state index contributed by atoms with van der Waals surface area (Å²) < 4.78 is 2.16. The van der Waals surface area contributed by atoms with Crippen LogP contribution in [0, 0.1) is 0 Å². The molecule has 5 heteroatoms. The molecule has 0 aliphatic carbocycles. The van der Waals surface area contributed by atoms with E-state index in [0.717, 1.165) is 44.5 Å². The Labute approximate surface area is 259 Å². The summed E-state index contributed by atoms with van der Waals surface area (Å²) in [6.07, 6.45) is 0. The van der Waals surface area contributed by atoms with Gasteiger partial charge in [0.2, 0.25) is 0 Å². The van der Waals surface area contributed by atoms with Crippen molar-refractivity contribution < 1.29 is 0 Å². The van der Waals surface area contributed by atoms with E-state index < -0.39 is 0 Å². The van der Waals surface area contributed by atoms with E-state index in [2.05, 4.69) is 34.9 Å². The zero-order chi connectivity index (χ0) is 30.2. The molecule has 0 aliphatic rings. The summed E-state index contributed by atoms with van der Waals surface area (Å²) in [6, 6.07) is 52.1. The summed E-state index contributed by atoms with van der Waals surface area (Å²) in [5.74, 6) is 1.82. The molecule has 5 nitrogen and oxygen atoms in total. The van der Waals surface area contributed by atoms with Gasteiger partial charge in [-0.15, -0.1) is 0 Å². The van der Waals surface area contributed by atoms with E-state index in [-0.39, 0.29) is 5.43 Å². The third-order valence-corrected chi connectivity index (χ3v) is 8.04. The monoisotopic (exact) mass is 578 g/mol. The van der Waals surface area contributed by atoms with E-state index in [0.29, 0.717) is 28.2 Å². The first-order valence-electron chi connectivity index (χ1n) is 14.8. The zero-order valence-electron chi connectivity index (χ0n) is 24.2. The highest BCUT2D eigenvalue weighted by molar-refractivity contribution is 5.97. The van der Waals surface area contributed by atoms with Gasteiger partial charge in [-0.3, -0.25) is 4.79 Å². The minimum atomic E-state index is 0.0169. The lowest BCUT2D eigenvalue weighted by Crippen LogP contribution is -2.10. The first-order chi connectivity index (χ1) is 22.2. The smallest absolute Gasteiger partial charge is 0.197 e. The predicted molar refractivity (Wildman–Crippen MR) is 182 cm³/mol. The molecule has 0 spiro atoms. The van der Waals surface area contributed by atoms with Gasteiger partial charge in [0.05, 0.1) is 11.0 Å². The van der Waals surface area contributed by atoms with Crippen molar-refractivity contribution in [3.05, 3.63) is 168 Å². The Bertz CT molecular complexity index is 2330. The molecule has 0 bridgehead atoms. The first-order valence-corrected chi connectivity index (χ1v) is 14.8. The minimum absolute atomic E-state index is 0.0169. The number of para-hydroxylation sites is 2. The molecule has 0 saturated heterocycles. The summed E-state index contributed by atoms with van der Waals surface area (Å²) >= 11 is 0. The SMILES string of the molecule is O=c1c2ccccc2n(-c2ccccc2)c2ccc(-c3cccc(-c4nc(-c5ccccc5)nc(-c5ccccc5)n4)c3)cc12. The third-order valence-electron chi connectivity index (χ3n) is 8.04. The molecule has 2 heterocycles. The molecule has 0 radical (unpaired) electrons. The Kier molecular flexibility index (Phi) is 6.54. The normalized spacial score (nSPS) is 11.2. The highest BCUT2D eigenvalue weighted by Gasteiger charge is 2.15. The largest absolute Gasteiger partial charge is 0.309 e. The molecular weight excluding hydrogens is 552 g/mol. The maximum Gasteiger partial charge on any atom is 0.197 e. The maximum absolute atomic E-state index is 13.8.